The lowest BCUT2D eigenvalue weighted by Crippen LogP contribution is -2.67. The highest BCUT2D eigenvalue weighted by atomic mass is 16.8. The predicted molar refractivity (Wildman–Crippen MR) is 320 cm³/mol. The number of cyclic esters (lactones) is 1. The topological polar surface area (TPSA) is 467 Å². The first kappa shape index (κ1) is 74.7. The molecule has 7 aliphatic heterocycles. The van der Waals surface area contributed by atoms with Crippen molar-refractivity contribution >= 4 is 11.8 Å². The average molecular weight is 1380 g/mol. The zero-order valence-electron chi connectivity index (χ0n) is 55.4. The van der Waals surface area contributed by atoms with Gasteiger partial charge >= 0.3 is 5.97 Å². The Morgan fingerprint density at radius 1 is 0.583 bits per heavy atom. The summed E-state index contributed by atoms with van der Waals surface area (Å²) in [6.07, 6.45) is -41.1. The summed E-state index contributed by atoms with van der Waals surface area (Å²) in [6.45, 7) is 14.4. The Kier molecular flexibility index (Phi) is 22.3. The van der Waals surface area contributed by atoms with E-state index in [0.717, 1.165) is 18.4 Å². The molecule has 10 fully saturated rings. The molecule has 15 N–H and O–H groups in total. The monoisotopic (exact) mass is 1380 g/mol. The van der Waals surface area contributed by atoms with Crippen molar-refractivity contribution in [1.82, 2.24) is 0 Å². The van der Waals surface area contributed by atoms with Gasteiger partial charge in [0.1, 0.15) is 140 Å². The average Bonchev–Trinajstić information content (AvgIpc) is 1.47. The third-order valence-electron chi connectivity index (χ3n) is 23.7. The molecule has 4 aliphatic carbocycles. The van der Waals surface area contributed by atoms with E-state index in [4.69, 9.17) is 66.3 Å². The highest BCUT2D eigenvalue weighted by Gasteiger charge is 2.79. The Morgan fingerprint density at radius 3 is 1.78 bits per heavy atom. The van der Waals surface area contributed by atoms with E-state index in [1.807, 2.05) is 13.8 Å². The van der Waals surface area contributed by atoms with E-state index in [-0.39, 0.29) is 30.0 Å². The van der Waals surface area contributed by atoms with Crippen LogP contribution in [0.15, 0.2) is 23.8 Å². The summed E-state index contributed by atoms with van der Waals surface area (Å²) in [5, 5.41) is 165. The maximum Gasteiger partial charge on any atom is 0.314 e. The van der Waals surface area contributed by atoms with Crippen molar-refractivity contribution in [3.05, 3.63) is 23.8 Å². The zero-order chi connectivity index (χ0) is 69.8. The normalized spacial score (nSPS) is 52.6. The molecule has 0 bridgehead atoms. The maximum absolute atomic E-state index is 14.5. The summed E-state index contributed by atoms with van der Waals surface area (Å²) in [5.41, 5.74) is -1.58. The first-order chi connectivity index (χ1) is 45.3. The van der Waals surface area contributed by atoms with Gasteiger partial charge in [-0.25, -0.2) is 0 Å². The number of carbonyl (C=O) groups is 2. The second-order valence-corrected chi connectivity index (χ2v) is 30.0. The largest absolute Gasteiger partial charge is 0.458 e. The van der Waals surface area contributed by atoms with Crippen LogP contribution in [0.3, 0.4) is 0 Å². The van der Waals surface area contributed by atoms with Crippen molar-refractivity contribution < 1.29 is 153 Å². The highest BCUT2D eigenvalue weighted by molar-refractivity contribution is 5.99. The predicted octanol–water partition coefficient (Wildman–Crippen LogP) is -3.92. The van der Waals surface area contributed by atoms with Crippen LogP contribution < -0.4 is 0 Å². The second-order valence-electron chi connectivity index (χ2n) is 30.0. The number of Topliss-reactive ketones (excluding diaryl/α,β-unsaturated/α-hetero) is 1. The molecule has 0 amide bonds. The molecule has 36 atom stereocenters. The van der Waals surface area contributed by atoms with Crippen LogP contribution in [0.2, 0.25) is 0 Å². The Hall–Kier alpha value is -2.50. The van der Waals surface area contributed by atoms with Crippen LogP contribution in [0.4, 0.5) is 0 Å². The quantitative estimate of drug-likeness (QED) is 0.0315. The number of rotatable bonds is 20. The van der Waals surface area contributed by atoms with Crippen molar-refractivity contribution in [3.63, 3.8) is 0 Å². The van der Waals surface area contributed by atoms with Crippen LogP contribution in [0.1, 0.15) is 106 Å². The van der Waals surface area contributed by atoms with Crippen LogP contribution in [-0.2, 0) is 75.9 Å². The van der Waals surface area contributed by atoms with Gasteiger partial charge in [0.15, 0.2) is 37.7 Å². The molecule has 31 nitrogen and oxygen atoms in total. The summed E-state index contributed by atoms with van der Waals surface area (Å²) < 4.78 is 84.2. The molecule has 1 spiro atoms. The lowest BCUT2D eigenvalue weighted by molar-refractivity contribution is -0.394. The number of carbonyl (C=O) groups excluding carboxylic acids is 2. The van der Waals surface area contributed by atoms with Gasteiger partial charge in [-0.3, -0.25) is 9.59 Å². The van der Waals surface area contributed by atoms with E-state index in [2.05, 4.69) is 40.3 Å². The minimum Gasteiger partial charge on any atom is -0.458 e. The molecule has 7 heterocycles. The van der Waals surface area contributed by atoms with E-state index < -0.39 is 244 Å². The summed E-state index contributed by atoms with van der Waals surface area (Å²) >= 11 is 0. The molecule has 548 valence electrons. The fourth-order valence-electron chi connectivity index (χ4n) is 18.5. The summed E-state index contributed by atoms with van der Waals surface area (Å²) in [6, 6.07) is 0. The van der Waals surface area contributed by atoms with Crippen LogP contribution >= 0.6 is 0 Å². The number of hydrogen-bond acceptors (Lipinski definition) is 31. The standard InChI is InChI=1S/C65H102O31/c1-25(2)11-10-16-64(8)53-29(69)19-63(7)28-12-13-35-61(4,5)36(15-17-62(35,6)27(28)14-18-65(53,63)60(82)96-64)91-59-52(40(74)34(24-85-59)90-57-47(81)51(39(73)33(22-68)88-57)94-58-46(80)50(83-9)38(72)32(21-67)89-58)95-55-44(78)42(76)48(26(3)86-55)92-54-45(79)49(30(70)23-84-54)93-56-43(77)41(75)37(71)31(20-66)87-56/h14,26,28,30-59,66-68,70-81H,1,10-13,15-24H2,2-9H3/t26-,28-,30-,31-,32-,33-,34-,35+,36+,37-,38-,39-,40+,41+,42-,43-,44-,45-,46-,47-,48-,49+,50+,51+,52-,53-,54+,55+,56+,57+,58+,59+,62-,63+,64+,65?/m1/s1. The Balaban J connectivity index is 0.828. The van der Waals surface area contributed by atoms with Crippen LogP contribution in [-0.4, -0.2) is 312 Å². The van der Waals surface area contributed by atoms with E-state index >= 15 is 0 Å². The number of methoxy groups -OCH3 is 1. The van der Waals surface area contributed by atoms with Gasteiger partial charge in [-0.05, 0) is 100 Å². The first-order valence-electron chi connectivity index (χ1n) is 33.7. The van der Waals surface area contributed by atoms with E-state index in [9.17, 15) is 86.2 Å². The molecule has 0 aromatic heterocycles. The molecule has 31 heteroatoms. The minimum atomic E-state index is -2.04. The van der Waals surface area contributed by atoms with E-state index in [1.54, 1.807) is 0 Å². The molecule has 96 heavy (non-hydrogen) atoms. The van der Waals surface area contributed by atoms with Crippen molar-refractivity contribution in [2.24, 2.45) is 39.4 Å². The molecular formula is C65H102O31. The number of fused-ring (bicyclic) bond motifs is 4. The smallest absolute Gasteiger partial charge is 0.314 e. The third-order valence-corrected chi connectivity index (χ3v) is 23.7. The van der Waals surface area contributed by atoms with Crippen LogP contribution in [0, 0.1) is 39.4 Å². The van der Waals surface area contributed by atoms with Crippen LogP contribution in [0.5, 0.6) is 0 Å². The van der Waals surface area contributed by atoms with Crippen molar-refractivity contribution in [2.75, 3.05) is 40.1 Å². The molecule has 7 saturated heterocycles. The lowest BCUT2D eigenvalue weighted by atomic mass is 9.41. The Morgan fingerprint density at radius 2 is 1.14 bits per heavy atom. The molecule has 1 unspecified atom stereocenters. The Labute approximate surface area is 555 Å². The van der Waals surface area contributed by atoms with Gasteiger partial charge in [0.25, 0.3) is 0 Å². The fraction of sp³-hybridized carbons (Fsp3) is 0.908. The van der Waals surface area contributed by atoms with Gasteiger partial charge in [0, 0.05) is 13.5 Å². The first-order valence-corrected chi connectivity index (χ1v) is 33.7. The van der Waals surface area contributed by atoms with E-state index in [0.29, 0.717) is 38.5 Å². The molecule has 11 aliphatic rings. The molecule has 11 rings (SSSR count). The van der Waals surface area contributed by atoms with Crippen molar-refractivity contribution in [3.8, 4) is 0 Å². The molecule has 0 aromatic rings. The number of aliphatic hydroxyl groups excluding tert-OH is 15. The van der Waals surface area contributed by atoms with Gasteiger partial charge in [-0.15, -0.1) is 6.58 Å². The molecule has 0 radical (unpaired) electrons. The van der Waals surface area contributed by atoms with Crippen LogP contribution in [0.25, 0.3) is 0 Å². The lowest BCUT2D eigenvalue weighted by Gasteiger charge is -2.63. The summed E-state index contributed by atoms with van der Waals surface area (Å²) in [4.78, 5) is 29.0. The maximum atomic E-state index is 14.5. The van der Waals surface area contributed by atoms with Gasteiger partial charge in [0.05, 0.1) is 56.6 Å². The van der Waals surface area contributed by atoms with Crippen molar-refractivity contribution in [2.45, 2.75) is 290 Å². The number of ether oxygens (including phenoxy) is 14. The number of allylic oxidation sites excluding steroid dienone is 3. The zero-order valence-corrected chi connectivity index (χ0v) is 55.4. The SMILES string of the molecule is C=C(C)CCC[C@]1(C)OC(=O)C23CC=C4[C@@H](CC[C@H]5C(C)(C)[C@@H](O[C@@H]6OC[C@@H](O[C@@H]7O[C@H](CO)[C@@H](O)[C@H](O[C@@H]8O[C@H](CO)[C@@H](O)[C@H](OC)[C@H]8O)[C@H]7O)[C@H](O)[C@H]6O[C@@H]6O[C@H](C)[C@@H](O[C@@H]7OC[C@@H](O)[C@H](O[C@@H]8O[C@H](CO)[C@@H](O)[C@H](O)[C@H]8O)[C@H]7O)[C@H](O)[C@H]6O)CC[C@]45C)[C@]2(C)CC(=O)[C@@H]31. The fourth-order valence-corrected chi connectivity index (χ4v) is 18.5. The van der Waals surface area contributed by atoms with E-state index in [1.165, 1.54) is 19.6 Å². The number of hydrogen-bond donors (Lipinski definition) is 15. The number of ketones is 1. The Bertz CT molecular complexity index is 2760. The molecular weight excluding hydrogens is 1280 g/mol. The third kappa shape index (κ3) is 12.7. The highest BCUT2D eigenvalue weighted by Crippen LogP contribution is 2.75. The van der Waals surface area contributed by atoms with Gasteiger partial charge in [0.2, 0.25) is 0 Å². The molecule has 3 saturated carbocycles. The molecule has 0 aromatic carbocycles. The van der Waals surface area contributed by atoms with Gasteiger partial charge in [-0.1, -0.05) is 44.9 Å². The van der Waals surface area contributed by atoms with Gasteiger partial charge < -0.3 is 143 Å². The summed E-state index contributed by atoms with van der Waals surface area (Å²) in [7, 11) is 1.19. The van der Waals surface area contributed by atoms with Gasteiger partial charge in [-0.2, -0.15) is 0 Å². The summed E-state index contributed by atoms with van der Waals surface area (Å²) in [5.74, 6) is -1.01. The number of esters is 1. The minimum absolute atomic E-state index is 0.0531. The van der Waals surface area contributed by atoms with Crippen molar-refractivity contribution in [1.29, 1.82) is 0 Å². The number of aliphatic hydroxyl groups is 15. The second kappa shape index (κ2) is 28.6.